The molecule has 2 amide bonds. The number of rotatable bonds is 10. The second kappa shape index (κ2) is 11.1. The summed E-state index contributed by atoms with van der Waals surface area (Å²) in [4.78, 5) is 52.3. The second-order valence-corrected chi connectivity index (χ2v) is 11.3. The third-order valence-electron chi connectivity index (χ3n) is 8.61. The molecule has 12 nitrogen and oxygen atoms in total. The van der Waals surface area contributed by atoms with E-state index in [9.17, 15) is 24.3 Å². The molecule has 2 atom stereocenters. The van der Waals surface area contributed by atoms with E-state index < -0.39 is 17.5 Å². The van der Waals surface area contributed by atoms with Crippen LogP contribution in [0, 0.1) is 12.7 Å². The average Bonchev–Trinajstić information content (AvgIpc) is 3.35. The Kier molecular flexibility index (Phi) is 7.48. The summed E-state index contributed by atoms with van der Waals surface area (Å²) >= 11 is 0. The highest BCUT2D eigenvalue weighted by Gasteiger charge is 2.41. The van der Waals surface area contributed by atoms with E-state index in [4.69, 9.17) is 19.2 Å². The van der Waals surface area contributed by atoms with Crippen LogP contribution in [0.25, 0.3) is 22.3 Å². The molecule has 3 N–H and O–H groups in total. The Morgan fingerprint density at radius 3 is 2.84 bits per heavy atom. The van der Waals surface area contributed by atoms with Gasteiger partial charge in [-0.15, -0.1) is 0 Å². The summed E-state index contributed by atoms with van der Waals surface area (Å²) < 4.78 is 33.2. The minimum Gasteiger partial charge on any atom is -0.458 e. The van der Waals surface area contributed by atoms with Crippen LogP contribution in [0.4, 0.5) is 4.39 Å². The number of fused-ring (bicyclic) bond motifs is 5. The molecule has 226 valence electrons. The van der Waals surface area contributed by atoms with Crippen LogP contribution >= 0.6 is 0 Å². The number of hydrogen-bond acceptors (Lipinski definition) is 9. The normalized spacial score (nSPS) is 19.8. The molecule has 43 heavy (non-hydrogen) atoms. The first-order chi connectivity index (χ1) is 20.6. The number of aliphatic hydroxyl groups excluding tert-OH is 1. The third kappa shape index (κ3) is 4.86. The van der Waals surface area contributed by atoms with E-state index >= 15 is 4.39 Å². The van der Waals surface area contributed by atoms with Gasteiger partial charge in [-0.2, -0.15) is 0 Å². The Labute approximate surface area is 245 Å². The van der Waals surface area contributed by atoms with Crippen molar-refractivity contribution in [3.63, 3.8) is 0 Å². The third-order valence-corrected chi connectivity index (χ3v) is 8.61. The predicted molar refractivity (Wildman–Crippen MR) is 150 cm³/mol. The van der Waals surface area contributed by atoms with Gasteiger partial charge in [0.05, 0.1) is 55.4 Å². The SMILES string of the molecule is Cc1c(F)cc2nc3c(c4c2c1CCC4(C)COCCOCNC(=O)CNC=O)Cn1c-3cc2c(c1=O)COC(=O)C2O. The summed E-state index contributed by atoms with van der Waals surface area (Å²) in [6.07, 6.45) is 0.157. The molecule has 1 aliphatic carbocycles. The molecule has 3 aliphatic rings. The van der Waals surface area contributed by atoms with E-state index in [1.807, 2.05) is 0 Å². The Morgan fingerprint density at radius 2 is 2.05 bits per heavy atom. The molecule has 13 heteroatoms. The van der Waals surface area contributed by atoms with Crippen molar-refractivity contribution >= 4 is 29.2 Å². The van der Waals surface area contributed by atoms with Gasteiger partial charge in [0.2, 0.25) is 12.3 Å². The summed E-state index contributed by atoms with van der Waals surface area (Å²) in [6.45, 7) is 4.48. The number of aliphatic hydroxyl groups is 1. The number of nitrogens with zero attached hydrogens (tertiary/aromatic N) is 2. The zero-order valence-corrected chi connectivity index (χ0v) is 23.8. The van der Waals surface area contributed by atoms with Crippen molar-refractivity contribution in [2.75, 3.05) is 33.1 Å². The zero-order valence-electron chi connectivity index (χ0n) is 23.8. The second-order valence-electron chi connectivity index (χ2n) is 11.3. The molecule has 0 radical (unpaired) electrons. The number of benzene rings is 1. The van der Waals surface area contributed by atoms with Gasteiger partial charge in [0, 0.05) is 28.0 Å². The molecule has 2 unspecified atom stereocenters. The molecular weight excluding hydrogens is 563 g/mol. The first kappa shape index (κ1) is 28.9. The number of carbonyl (C=O) groups is 3. The fourth-order valence-corrected chi connectivity index (χ4v) is 6.40. The van der Waals surface area contributed by atoms with Gasteiger partial charge in [-0.3, -0.25) is 14.4 Å². The molecule has 0 saturated heterocycles. The Bertz CT molecular complexity index is 1740. The van der Waals surface area contributed by atoms with Gasteiger partial charge in [0.25, 0.3) is 5.56 Å². The van der Waals surface area contributed by atoms with Crippen LogP contribution < -0.4 is 16.2 Å². The number of esters is 1. The number of halogens is 1. The summed E-state index contributed by atoms with van der Waals surface area (Å²) in [5.74, 6) is -1.55. The Morgan fingerprint density at radius 1 is 1.26 bits per heavy atom. The first-order valence-corrected chi connectivity index (χ1v) is 14.0. The molecule has 2 aliphatic heterocycles. The number of carbonyl (C=O) groups excluding carboxylic acids is 3. The summed E-state index contributed by atoms with van der Waals surface area (Å²) in [6, 6.07) is 3.04. The maximum atomic E-state index is 15.1. The van der Waals surface area contributed by atoms with Crippen LogP contribution in [-0.2, 0) is 53.6 Å². The fraction of sp³-hybridized carbons (Fsp3) is 0.433. The molecular formula is C30H31FN4O8. The standard InChI is InChI=1S/C30H31FN4O8/c1-15-16-3-4-30(2,12-41-5-6-42-14-33-23(37)9-32-13-36)25-18-10-35-22(26(18)34-21(24(16)25)8-20(15)31)7-17-19(28(35)39)11-43-29(40)27(17)38/h7-8,13,27,38H,3-6,9-12,14H2,1-2H3,(H,32,36)(H,33,37). The monoisotopic (exact) mass is 594 g/mol. The van der Waals surface area contributed by atoms with E-state index in [1.54, 1.807) is 17.6 Å². The first-order valence-electron chi connectivity index (χ1n) is 14.0. The number of aromatic nitrogens is 2. The van der Waals surface area contributed by atoms with Gasteiger partial charge >= 0.3 is 5.97 Å². The summed E-state index contributed by atoms with van der Waals surface area (Å²) in [7, 11) is 0. The quantitative estimate of drug-likeness (QED) is 0.106. The number of hydrogen-bond donors (Lipinski definition) is 3. The molecule has 0 saturated carbocycles. The van der Waals surface area contributed by atoms with E-state index in [2.05, 4.69) is 17.6 Å². The van der Waals surface area contributed by atoms with E-state index in [-0.39, 0.29) is 68.1 Å². The van der Waals surface area contributed by atoms with Crippen molar-refractivity contribution in [1.82, 2.24) is 20.2 Å². The minimum absolute atomic E-state index is 0.0287. The maximum Gasteiger partial charge on any atom is 0.340 e. The lowest BCUT2D eigenvalue weighted by Crippen LogP contribution is -2.36. The van der Waals surface area contributed by atoms with Crippen LogP contribution in [-0.4, -0.2) is 66.0 Å². The lowest BCUT2D eigenvalue weighted by molar-refractivity contribution is -0.157. The van der Waals surface area contributed by atoms with Gasteiger partial charge in [0.15, 0.2) is 6.10 Å². The van der Waals surface area contributed by atoms with E-state index in [0.29, 0.717) is 48.3 Å². The van der Waals surface area contributed by atoms with Crippen molar-refractivity contribution in [2.45, 2.75) is 51.4 Å². The van der Waals surface area contributed by atoms with Crippen molar-refractivity contribution in [1.29, 1.82) is 0 Å². The molecule has 0 spiro atoms. The van der Waals surface area contributed by atoms with E-state index in [1.165, 1.54) is 6.07 Å². The van der Waals surface area contributed by atoms with Crippen LogP contribution in [0.3, 0.4) is 0 Å². The number of pyridine rings is 2. The molecule has 0 bridgehead atoms. The number of amides is 2. The van der Waals surface area contributed by atoms with Crippen molar-refractivity contribution in [2.24, 2.45) is 0 Å². The lowest BCUT2D eigenvalue weighted by atomic mass is 9.69. The van der Waals surface area contributed by atoms with Gasteiger partial charge in [0.1, 0.15) is 19.2 Å². The van der Waals surface area contributed by atoms with Crippen LogP contribution in [0.5, 0.6) is 0 Å². The highest BCUT2D eigenvalue weighted by molar-refractivity contribution is 5.93. The highest BCUT2D eigenvalue weighted by Crippen LogP contribution is 2.48. The summed E-state index contributed by atoms with van der Waals surface area (Å²) in [5, 5.41) is 16.1. The lowest BCUT2D eigenvalue weighted by Gasteiger charge is -2.37. The minimum atomic E-state index is -1.57. The largest absolute Gasteiger partial charge is 0.458 e. The molecule has 0 fully saturated rings. The van der Waals surface area contributed by atoms with Crippen LogP contribution in [0.1, 0.15) is 52.8 Å². The molecule has 3 aromatic rings. The number of nitrogens with one attached hydrogen (secondary N) is 2. The molecule has 1 aromatic carbocycles. The van der Waals surface area contributed by atoms with Crippen molar-refractivity contribution in [3.05, 3.63) is 61.7 Å². The van der Waals surface area contributed by atoms with Crippen molar-refractivity contribution < 1.29 is 38.1 Å². The fourth-order valence-electron chi connectivity index (χ4n) is 6.40. The molecule has 4 heterocycles. The topological polar surface area (TPSA) is 158 Å². The van der Waals surface area contributed by atoms with E-state index in [0.717, 1.165) is 22.1 Å². The van der Waals surface area contributed by atoms with Gasteiger partial charge in [-0.1, -0.05) is 6.92 Å². The number of ether oxygens (including phenoxy) is 3. The highest BCUT2D eigenvalue weighted by atomic mass is 19.1. The smallest absolute Gasteiger partial charge is 0.340 e. The van der Waals surface area contributed by atoms with Crippen molar-refractivity contribution in [3.8, 4) is 11.4 Å². The number of aryl methyl sites for hydroxylation is 1. The average molecular weight is 595 g/mol. The Hall–Kier alpha value is -4.20. The van der Waals surface area contributed by atoms with Crippen LogP contribution in [0.15, 0.2) is 16.9 Å². The van der Waals surface area contributed by atoms with Gasteiger partial charge in [-0.05, 0) is 42.5 Å². The predicted octanol–water partition coefficient (Wildman–Crippen LogP) is 1.02. The Balaban J connectivity index is 1.32. The van der Waals surface area contributed by atoms with Gasteiger partial charge in [-0.25, -0.2) is 14.2 Å². The number of cyclic esters (lactones) is 1. The molecule has 6 rings (SSSR count). The summed E-state index contributed by atoms with van der Waals surface area (Å²) in [5.41, 5.74) is 4.23. The maximum absolute atomic E-state index is 15.1. The molecule has 2 aromatic heterocycles. The van der Waals surface area contributed by atoms with Gasteiger partial charge < -0.3 is 34.5 Å². The zero-order chi connectivity index (χ0) is 30.5. The van der Waals surface area contributed by atoms with Crippen LogP contribution in [0.2, 0.25) is 0 Å².